The normalized spacial score (nSPS) is 25.3. The van der Waals surface area contributed by atoms with E-state index in [2.05, 4.69) is 20.2 Å². The second kappa shape index (κ2) is 7.04. The lowest BCUT2D eigenvalue weighted by atomic mass is 9.57. The Kier molecular flexibility index (Phi) is 4.37. The molecule has 0 bridgehead atoms. The number of hydrogen-bond donors (Lipinski definition) is 2. The van der Waals surface area contributed by atoms with Gasteiger partial charge in [0.25, 0.3) is 10.0 Å². The molecule has 0 aromatic carbocycles. The van der Waals surface area contributed by atoms with Crippen molar-refractivity contribution >= 4 is 16.1 Å². The van der Waals surface area contributed by atoms with E-state index in [0.717, 1.165) is 63.8 Å². The maximum Gasteiger partial charge on any atom is 0.320 e. The molecule has 3 aliphatic heterocycles. The van der Waals surface area contributed by atoms with Gasteiger partial charge in [0.1, 0.15) is 5.82 Å². The van der Waals surface area contributed by atoms with Crippen LogP contribution in [0.4, 0.5) is 4.79 Å². The van der Waals surface area contributed by atoms with E-state index in [1.807, 2.05) is 9.80 Å². The number of primary sulfonamides is 1. The summed E-state index contributed by atoms with van der Waals surface area (Å²) in [5.74, 6) is 3.04. The Labute approximate surface area is 203 Å². The van der Waals surface area contributed by atoms with Crippen molar-refractivity contribution in [2.75, 3.05) is 39.3 Å². The lowest BCUT2D eigenvalue weighted by Crippen LogP contribution is -2.75. The van der Waals surface area contributed by atoms with Crippen LogP contribution < -0.4 is 5.14 Å². The Morgan fingerprint density at radius 2 is 1.74 bits per heavy atom. The molecule has 2 aromatic heterocycles. The highest BCUT2D eigenvalue weighted by Gasteiger charge is 2.58. The summed E-state index contributed by atoms with van der Waals surface area (Å²) in [6.07, 6.45) is 6.17. The minimum Gasteiger partial charge on any atom is -0.323 e. The smallest absolute Gasteiger partial charge is 0.320 e. The zero-order valence-electron chi connectivity index (χ0n) is 19.9. The van der Waals surface area contributed by atoms with Crippen LogP contribution in [0, 0.1) is 10.8 Å². The van der Waals surface area contributed by atoms with E-state index < -0.39 is 10.0 Å². The number of aromatic nitrogens is 5. The zero-order valence-corrected chi connectivity index (χ0v) is 20.7. The summed E-state index contributed by atoms with van der Waals surface area (Å²) in [7, 11) is -2.23. The Balaban J connectivity index is 0.866. The Hall–Kier alpha value is -2.51. The number of hydrogen-bond acceptors (Lipinski definition) is 7. The Morgan fingerprint density at radius 3 is 2.37 bits per heavy atom. The number of sulfonamides is 1. The van der Waals surface area contributed by atoms with Gasteiger partial charge >= 0.3 is 6.03 Å². The molecule has 5 fully saturated rings. The fraction of sp³-hybridized carbons (Fsp3) is 0.727. The van der Waals surface area contributed by atoms with Crippen molar-refractivity contribution in [1.29, 1.82) is 0 Å². The summed E-state index contributed by atoms with van der Waals surface area (Å²) in [6, 6.07) is 0.154. The van der Waals surface area contributed by atoms with E-state index in [-0.39, 0.29) is 21.9 Å². The van der Waals surface area contributed by atoms with Gasteiger partial charge in [-0.25, -0.2) is 23.3 Å². The molecular formula is C22H31N9O3S. The van der Waals surface area contributed by atoms with Crippen molar-refractivity contribution in [3.8, 4) is 0 Å². The van der Waals surface area contributed by atoms with E-state index in [9.17, 15) is 13.2 Å². The SMILES string of the molecule is Cn1ncc(CN2CC3(C2)CN(C(=O)N2CC4(CC(c5n[nH]c(C6CC6)n5)C4)C2)C3)c1S(N)(=O)=O. The average molecular weight is 502 g/mol. The molecule has 0 atom stereocenters. The number of carbonyl (C=O) groups is 1. The second-order valence-electron chi connectivity index (χ2n) is 11.7. The van der Waals surface area contributed by atoms with E-state index >= 15 is 0 Å². The first-order chi connectivity index (χ1) is 16.6. The summed E-state index contributed by atoms with van der Waals surface area (Å²) in [5.41, 5.74) is 1.02. The van der Waals surface area contributed by atoms with Gasteiger partial charge in [0, 0.05) is 81.1 Å². The standard InChI is InChI=1S/C22H31N9O3S/c1-28-19(35(23,33)34)16(6-24-28)7-29-8-22(9-29)12-31(13-22)20(32)30-10-21(11-30)4-15(5-21)18-25-17(26-27-18)14-2-3-14/h6,14-15H,2-5,7-13H2,1H3,(H2,23,33,34)(H,25,26,27). The molecule has 2 amide bonds. The molecule has 0 unspecified atom stereocenters. The number of aryl methyl sites for hydroxylation is 1. The van der Waals surface area contributed by atoms with Crippen LogP contribution in [-0.2, 0) is 23.6 Å². The number of urea groups is 1. The quantitative estimate of drug-likeness (QED) is 0.594. The second-order valence-corrected chi connectivity index (χ2v) is 13.2. The van der Waals surface area contributed by atoms with Crippen LogP contribution in [0.15, 0.2) is 11.2 Å². The Morgan fingerprint density at radius 1 is 1.09 bits per heavy atom. The molecule has 2 saturated carbocycles. The highest BCUT2D eigenvalue weighted by Crippen LogP contribution is 2.56. The lowest BCUT2D eigenvalue weighted by Gasteiger charge is -2.63. The first kappa shape index (κ1) is 21.7. The summed E-state index contributed by atoms with van der Waals surface area (Å²) in [5, 5.41) is 17.0. The average Bonchev–Trinajstić information content (AvgIpc) is 3.28. The van der Waals surface area contributed by atoms with Crippen molar-refractivity contribution in [3.05, 3.63) is 23.4 Å². The van der Waals surface area contributed by atoms with E-state index in [4.69, 9.17) is 10.1 Å². The fourth-order valence-electron chi connectivity index (χ4n) is 6.84. The molecule has 2 spiro atoms. The monoisotopic (exact) mass is 501 g/mol. The molecule has 0 radical (unpaired) electrons. The lowest BCUT2D eigenvalue weighted by molar-refractivity contribution is -0.117. The van der Waals surface area contributed by atoms with Crippen LogP contribution in [0.3, 0.4) is 0 Å². The van der Waals surface area contributed by atoms with Crippen molar-refractivity contribution in [1.82, 2.24) is 39.7 Å². The summed E-state index contributed by atoms with van der Waals surface area (Å²) < 4.78 is 25.0. The molecule has 2 aliphatic carbocycles. The number of rotatable bonds is 5. The van der Waals surface area contributed by atoms with E-state index in [1.165, 1.54) is 17.5 Å². The summed E-state index contributed by atoms with van der Waals surface area (Å²) in [6.45, 7) is 5.42. The Bertz CT molecular complexity index is 1290. The molecule has 188 valence electrons. The third-order valence-electron chi connectivity index (χ3n) is 8.59. The van der Waals surface area contributed by atoms with Crippen LogP contribution in [-0.4, -0.2) is 93.4 Å². The topological polar surface area (TPSA) is 146 Å². The maximum absolute atomic E-state index is 12.9. The zero-order chi connectivity index (χ0) is 24.2. The molecular weight excluding hydrogens is 470 g/mol. The number of carbonyl (C=O) groups excluding carboxylic acids is 1. The van der Waals surface area contributed by atoms with Gasteiger partial charge in [0.15, 0.2) is 10.9 Å². The van der Waals surface area contributed by atoms with Crippen molar-refractivity contribution in [2.24, 2.45) is 23.0 Å². The molecule has 5 heterocycles. The molecule has 3 saturated heterocycles. The molecule has 5 aliphatic rings. The minimum absolute atomic E-state index is 0.0697. The van der Waals surface area contributed by atoms with Gasteiger partial charge < -0.3 is 9.80 Å². The van der Waals surface area contributed by atoms with Gasteiger partial charge in [-0.2, -0.15) is 10.2 Å². The number of nitrogens with two attached hydrogens (primary N) is 1. The van der Waals surface area contributed by atoms with Crippen molar-refractivity contribution < 1.29 is 13.2 Å². The first-order valence-electron chi connectivity index (χ1n) is 12.3. The largest absolute Gasteiger partial charge is 0.323 e. The summed E-state index contributed by atoms with van der Waals surface area (Å²) >= 11 is 0. The highest BCUT2D eigenvalue weighted by molar-refractivity contribution is 7.89. The number of nitrogens with one attached hydrogen (secondary N) is 1. The maximum atomic E-state index is 12.9. The van der Waals surface area contributed by atoms with Crippen molar-refractivity contribution in [2.45, 2.75) is 49.1 Å². The number of aromatic amines is 1. The van der Waals surface area contributed by atoms with E-state index in [1.54, 1.807) is 13.2 Å². The third-order valence-corrected chi connectivity index (χ3v) is 9.66. The molecule has 35 heavy (non-hydrogen) atoms. The molecule has 13 heteroatoms. The molecule has 3 N–H and O–H groups in total. The van der Waals surface area contributed by atoms with Gasteiger partial charge in [-0.1, -0.05) is 0 Å². The third kappa shape index (κ3) is 3.50. The van der Waals surface area contributed by atoms with Gasteiger partial charge in [0.05, 0.1) is 6.20 Å². The van der Waals surface area contributed by atoms with Crippen LogP contribution in [0.2, 0.25) is 0 Å². The highest BCUT2D eigenvalue weighted by atomic mass is 32.2. The predicted molar refractivity (Wildman–Crippen MR) is 124 cm³/mol. The van der Waals surface area contributed by atoms with Crippen LogP contribution in [0.1, 0.15) is 54.7 Å². The van der Waals surface area contributed by atoms with Gasteiger partial charge in [0.2, 0.25) is 0 Å². The number of amides is 2. The predicted octanol–water partition coefficient (Wildman–Crippen LogP) is 0.180. The van der Waals surface area contributed by atoms with E-state index in [0.29, 0.717) is 23.9 Å². The van der Waals surface area contributed by atoms with Crippen LogP contribution >= 0.6 is 0 Å². The summed E-state index contributed by atoms with van der Waals surface area (Å²) in [4.78, 5) is 23.8. The molecule has 2 aromatic rings. The van der Waals surface area contributed by atoms with Crippen molar-refractivity contribution in [3.63, 3.8) is 0 Å². The van der Waals surface area contributed by atoms with Gasteiger partial charge in [-0.05, 0) is 25.7 Å². The fourth-order valence-corrected chi connectivity index (χ4v) is 7.73. The number of H-pyrrole nitrogens is 1. The van der Waals surface area contributed by atoms with Gasteiger partial charge in [-0.3, -0.25) is 14.7 Å². The van der Waals surface area contributed by atoms with Crippen LogP contribution in [0.5, 0.6) is 0 Å². The first-order valence-corrected chi connectivity index (χ1v) is 13.9. The molecule has 12 nitrogen and oxygen atoms in total. The number of nitrogens with zero attached hydrogens (tertiary/aromatic N) is 7. The molecule has 7 rings (SSSR count). The van der Waals surface area contributed by atoms with Gasteiger partial charge in [-0.15, -0.1) is 0 Å². The van der Waals surface area contributed by atoms with Crippen LogP contribution in [0.25, 0.3) is 0 Å². The number of likely N-dealkylation sites (tertiary alicyclic amines) is 3. The minimum atomic E-state index is -3.82.